The average molecular weight is 471 g/mol. The largest absolute Gasteiger partial charge is 0.466 e. The molecule has 0 aromatic carbocycles. The molecule has 0 aromatic rings. The number of esters is 3. The first-order chi connectivity index (χ1) is 15.4. The molecule has 2 aliphatic rings. The molecule has 0 saturated heterocycles. The van der Waals surface area contributed by atoms with E-state index in [1.165, 1.54) is 6.92 Å². The third-order valence-electron chi connectivity index (χ3n) is 5.50. The lowest BCUT2D eigenvalue weighted by atomic mass is 9.89. The first kappa shape index (κ1) is 26.4. The van der Waals surface area contributed by atoms with Crippen LogP contribution in [0.5, 0.6) is 0 Å². The highest BCUT2D eigenvalue weighted by Crippen LogP contribution is 2.64. The quantitative estimate of drug-likeness (QED) is 0.373. The van der Waals surface area contributed by atoms with Crippen LogP contribution in [0.1, 0.15) is 54.4 Å². The second-order valence-corrected chi connectivity index (χ2v) is 9.15. The molecule has 0 radical (unpaired) electrons. The van der Waals surface area contributed by atoms with Crippen molar-refractivity contribution >= 4 is 29.9 Å². The van der Waals surface area contributed by atoms with Crippen molar-refractivity contribution in [2.45, 2.75) is 71.6 Å². The maximum atomic E-state index is 13.0. The van der Waals surface area contributed by atoms with Crippen molar-refractivity contribution in [3.8, 4) is 0 Å². The second-order valence-electron chi connectivity index (χ2n) is 9.15. The Morgan fingerprint density at radius 2 is 1.67 bits per heavy atom. The summed E-state index contributed by atoms with van der Waals surface area (Å²) in [5.41, 5.74) is -2.22. The molecule has 11 nitrogen and oxygen atoms in total. The summed E-state index contributed by atoms with van der Waals surface area (Å²) in [5, 5.41) is 5.20. The van der Waals surface area contributed by atoms with Gasteiger partial charge in [-0.25, -0.2) is 9.59 Å². The van der Waals surface area contributed by atoms with Crippen LogP contribution in [0.4, 0.5) is 4.79 Å². The van der Waals surface area contributed by atoms with Gasteiger partial charge in [-0.3, -0.25) is 14.4 Å². The minimum Gasteiger partial charge on any atom is -0.466 e. The zero-order valence-corrected chi connectivity index (χ0v) is 20.0. The van der Waals surface area contributed by atoms with Gasteiger partial charge in [0, 0.05) is 38.1 Å². The van der Waals surface area contributed by atoms with Gasteiger partial charge in [0.25, 0.3) is 0 Å². The summed E-state index contributed by atoms with van der Waals surface area (Å²) < 4.78 is 20.8. The van der Waals surface area contributed by atoms with E-state index < -0.39 is 64.9 Å². The maximum Gasteiger partial charge on any atom is 0.407 e. The Kier molecular flexibility index (Phi) is 8.31. The van der Waals surface area contributed by atoms with Gasteiger partial charge in [0.15, 0.2) is 0 Å². The Morgan fingerprint density at radius 1 is 1.03 bits per heavy atom. The lowest BCUT2D eigenvalue weighted by molar-refractivity contribution is -0.159. The molecule has 0 unspecified atom stereocenters. The van der Waals surface area contributed by atoms with E-state index >= 15 is 0 Å². The summed E-state index contributed by atoms with van der Waals surface area (Å²) in [7, 11) is 0. The normalized spacial score (nSPS) is 27.6. The van der Waals surface area contributed by atoms with E-state index in [1.807, 2.05) is 0 Å². The number of carbonyl (C=O) groups is 5. The molecule has 5 atom stereocenters. The highest BCUT2D eigenvalue weighted by atomic mass is 16.6. The zero-order chi connectivity index (χ0) is 25.0. The Morgan fingerprint density at radius 3 is 2.21 bits per heavy atom. The predicted octanol–water partition coefficient (Wildman–Crippen LogP) is 1.08. The van der Waals surface area contributed by atoms with Crippen LogP contribution in [0.3, 0.4) is 0 Å². The second kappa shape index (κ2) is 10.4. The first-order valence-corrected chi connectivity index (χ1v) is 11.1. The molecule has 33 heavy (non-hydrogen) atoms. The van der Waals surface area contributed by atoms with Crippen LogP contribution in [0.25, 0.3) is 0 Å². The standard InChI is InChI=1S/C22H34N2O9/c1-7-30-18(27)16-15-13(32-12(3)25)11-22(17(15)16,19(28)31-8-2)24-14(26)9-10-23-20(29)33-21(4,5)6/h13,15-17H,7-11H2,1-6H3,(H,23,29)(H,24,26)/t13-,15-,16-,17-,22-/m0/s1. The molecule has 2 saturated carbocycles. The molecule has 2 rings (SSSR count). The molecular weight excluding hydrogens is 436 g/mol. The number of alkyl carbamates (subject to hydrolysis) is 1. The maximum absolute atomic E-state index is 13.0. The van der Waals surface area contributed by atoms with Crippen molar-refractivity contribution in [3.63, 3.8) is 0 Å². The Balaban J connectivity index is 2.15. The minimum atomic E-state index is -1.54. The first-order valence-electron chi connectivity index (χ1n) is 11.1. The van der Waals surface area contributed by atoms with E-state index in [4.69, 9.17) is 18.9 Å². The molecule has 0 aromatic heterocycles. The van der Waals surface area contributed by atoms with Gasteiger partial charge in [0.05, 0.1) is 19.1 Å². The van der Waals surface area contributed by atoms with E-state index in [1.54, 1.807) is 34.6 Å². The Bertz CT molecular complexity index is 791. The number of amides is 2. The number of rotatable bonds is 9. The van der Waals surface area contributed by atoms with Gasteiger partial charge in [0.1, 0.15) is 17.2 Å². The van der Waals surface area contributed by atoms with Crippen molar-refractivity contribution < 1.29 is 42.9 Å². The van der Waals surface area contributed by atoms with Crippen molar-refractivity contribution in [1.82, 2.24) is 10.6 Å². The Hall–Kier alpha value is -2.85. The van der Waals surface area contributed by atoms with Crippen LogP contribution in [0.2, 0.25) is 0 Å². The van der Waals surface area contributed by atoms with Crippen molar-refractivity contribution in [2.75, 3.05) is 19.8 Å². The summed E-state index contributed by atoms with van der Waals surface area (Å²) in [4.78, 5) is 61.6. The summed E-state index contributed by atoms with van der Waals surface area (Å²) in [5.74, 6) is -4.08. The smallest absolute Gasteiger partial charge is 0.407 e. The molecule has 11 heteroatoms. The van der Waals surface area contributed by atoms with Gasteiger partial charge in [0.2, 0.25) is 5.91 Å². The van der Waals surface area contributed by atoms with Crippen LogP contribution in [-0.4, -0.2) is 66.9 Å². The minimum absolute atomic E-state index is 0.0120. The van der Waals surface area contributed by atoms with Crippen LogP contribution in [0, 0.1) is 17.8 Å². The van der Waals surface area contributed by atoms with Crippen molar-refractivity contribution in [1.29, 1.82) is 0 Å². The van der Waals surface area contributed by atoms with E-state index in [9.17, 15) is 24.0 Å². The number of nitrogens with one attached hydrogen (secondary N) is 2. The van der Waals surface area contributed by atoms with Gasteiger partial charge < -0.3 is 29.6 Å². The molecule has 0 aliphatic heterocycles. The topological polar surface area (TPSA) is 146 Å². The lowest BCUT2D eigenvalue weighted by Gasteiger charge is -2.32. The fourth-order valence-electron chi connectivity index (χ4n) is 4.47. The molecule has 0 spiro atoms. The van der Waals surface area contributed by atoms with Crippen molar-refractivity contribution in [3.05, 3.63) is 0 Å². The summed E-state index contributed by atoms with van der Waals surface area (Å²) >= 11 is 0. The van der Waals surface area contributed by atoms with Crippen LogP contribution in [0.15, 0.2) is 0 Å². The van der Waals surface area contributed by atoms with Gasteiger partial charge >= 0.3 is 24.0 Å². The molecule has 186 valence electrons. The third kappa shape index (κ3) is 6.35. The summed E-state index contributed by atoms with van der Waals surface area (Å²) in [6, 6.07) is 0. The molecular formula is C22H34N2O9. The summed E-state index contributed by atoms with van der Waals surface area (Å²) in [6.45, 7) is 9.88. The molecule has 0 bridgehead atoms. The highest BCUT2D eigenvalue weighted by molar-refractivity contribution is 5.92. The highest BCUT2D eigenvalue weighted by Gasteiger charge is 2.77. The SMILES string of the molecule is CCOC(=O)[C@H]1[C@H]2[C@@H]1[C@](NC(=O)CCNC(=O)OC(C)(C)C)(C(=O)OCC)C[C@@H]2OC(C)=O. The fraction of sp³-hybridized carbons (Fsp3) is 0.773. The molecule has 0 heterocycles. The van der Waals surface area contributed by atoms with Gasteiger partial charge in [-0.15, -0.1) is 0 Å². The van der Waals surface area contributed by atoms with Gasteiger partial charge in [-0.2, -0.15) is 0 Å². The van der Waals surface area contributed by atoms with E-state index in [0.29, 0.717) is 0 Å². The number of hydrogen-bond donors (Lipinski definition) is 2. The summed E-state index contributed by atoms with van der Waals surface area (Å²) in [6.07, 6.45) is -1.57. The number of carbonyl (C=O) groups excluding carboxylic acids is 5. The van der Waals surface area contributed by atoms with Crippen LogP contribution < -0.4 is 10.6 Å². The van der Waals surface area contributed by atoms with E-state index in [0.717, 1.165) is 0 Å². The van der Waals surface area contributed by atoms with Gasteiger partial charge in [-0.1, -0.05) is 0 Å². The van der Waals surface area contributed by atoms with Crippen LogP contribution in [-0.2, 0) is 38.1 Å². The molecule has 2 aliphatic carbocycles. The molecule has 2 fully saturated rings. The lowest BCUT2D eigenvalue weighted by Crippen LogP contribution is -2.58. The van der Waals surface area contributed by atoms with Gasteiger partial charge in [-0.05, 0) is 34.6 Å². The van der Waals surface area contributed by atoms with E-state index in [2.05, 4.69) is 10.6 Å². The number of ether oxygens (including phenoxy) is 4. The third-order valence-corrected chi connectivity index (χ3v) is 5.50. The Labute approximate surface area is 193 Å². The van der Waals surface area contributed by atoms with Crippen LogP contribution >= 0.6 is 0 Å². The molecule has 2 N–H and O–H groups in total. The van der Waals surface area contributed by atoms with Crippen molar-refractivity contribution in [2.24, 2.45) is 17.8 Å². The van der Waals surface area contributed by atoms with E-state index in [-0.39, 0.29) is 32.6 Å². The number of hydrogen-bond acceptors (Lipinski definition) is 9. The fourth-order valence-corrected chi connectivity index (χ4v) is 4.47. The monoisotopic (exact) mass is 470 g/mol. The number of fused-ring (bicyclic) bond motifs is 1. The zero-order valence-electron chi connectivity index (χ0n) is 20.0. The average Bonchev–Trinajstić information content (AvgIpc) is 3.34. The molecule has 2 amide bonds. The predicted molar refractivity (Wildman–Crippen MR) is 114 cm³/mol.